The summed E-state index contributed by atoms with van der Waals surface area (Å²) >= 11 is 0. The molecule has 0 aliphatic heterocycles. The van der Waals surface area contributed by atoms with Crippen molar-refractivity contribution < 1.29 is 17.6 Å². The minimum Gasteiger partial charge on any atom is -0.323 e. The summed E-state index contributed by atoms with van der Waals surface area (Å²) in [4.78, 5) is 11.5. The standard InChI is InChI=1S/C12H15FN2O3S/c1-12(2)6-8(12)11(16)15-10-4-3-7(5-9(10)13)19(14,17)18/h3-5,8H,6H2,1-2H3,(H,15,16)(H2,14,17,18). The number of nitrogens with one attached hydrogen (secondary N) is 1. The average molecular weight is 286 g/mol. The van der Waals surface area contributed by atoms with Gasteiger partial charge in [0.2, 0.25) is 15.9 Å². The number of hydrogen-bond donors (Lipinski definition) is 2. The molecule has 3 N–H and O–H groups in total. The Morgan fingerprint density at radius 2 is 2.05 bits per heavy atom. The molecule has 2 rings (SSSR count). The maximum absolute atomic E-state index is 13.7. The fraction of sp³-hybridized carbons (Fsp3) is 0.417. The van der Waals surface area contributed by atoms with Gasteiger partial charge in [0.15, 0.2) is 0 Å². The van der Waals surface area contributed by atoms with Crippen LogP contribution in [0.1, 0.15) is 20.3 Å². The molecule has 1 saturated carbocycles. The second kappa shape index (κ2) is 4.28. The fourth-order valence-electron chi connectivity index (χ4n) is 1.91. The van der Waals surface area contributed by atoms with Gasteiger partial charge in [0.25, 0.3) is 0 Å². The molecule has 1 aliphatic rings. The number of hydrogen-bond acceptors (Lipinski definition) is 3. The Kier molecular flexibility index (Phi) is 3.14. The van der Waals surface area contributed by atoms with Gasteiger partial charge in [-0.3, -0.25) is 4.79 Å². The molecule has 0 aromatic heterocycles. The predicted octanol–water partition coefficient (Wildman–Crippen LogP) is 1.46. The van der Waals surface area contributed by atoms with Gasteiger partial charge in [0.1, 0.15) is 5.82 Å². The van der Waals surface area contributed by atoms with Crippen LogP contribution in [-0.2, 0) is 14.8 Å². The van der Waals surface area contributed by atoms with Crippen molar-refractivity contribution in [2.75, 3.05) is 5.32 Å². The minimum absolute atomic E-state index is 0.0416. The van der Waals surface area contributed by atoms with Crippen LogP contribution in [0.2, 0.25) is 0 Å². The number of rotatable bonds is 3. The minimum atomic E-state index is -3.95. The fourth-order valence-corrected chi connectivity index (χ4v) is 2.43. The van der Waals surface area contributed by atoms with Gasteiger partial charge in [-0.2, -0.15) is 0 Å². The highest BCUT2D eigenvalue weighted by atomic mass is 32.2. The molecule has 1 fully saturated rings. The summed E-state index contributed by atoms with van der Waals surface area (Å²) in [5, 5.41) is 7.35. The molecule has 1 atom stereocenters. The van der Waals surface area contributed by atoms with E-state index in [0.29, 0.717) is 0 Å². The molecule has 7 heteroatoms. The zero-order valence-electron chi connectivity index (χ0n) is 10.6. The topological polar surface area (TPSA) is 89.3 Å². The monoisotopic (exact) mass is 286 g/mol. The predicted molar refractivity (Wildman–Crippen MR) is 68.3 cm³/mol. The van der Waals surface area contributed by atoms with Crippen LogP contribution >= 0.6 is 0 Å². The number of anilines is 1. The number of benzene rings is 1. The summed E-state index contributed by atoms with van der Waals surface area (Å²) in [7, 11) is -3.95. The normalized spacial score (nSPS) is 20.9. The van der Waals surface area contributed by atoms with Gasteiger partial charge >= 0.3 is 0 Å². The number of carbonyl (C=O) groups is 1. The number of primary sulfonamides is 1. The molecule has 0 radical (unpaired) electrons. The van der Waals surface area contributed by atoms with Crippen LogP contribution in [0, 0.1) is 17.2 Å². The van der Waals surface area contributed by atoms with Gasteiger partial charge in [-0.1, -0.05) is 13.8 Å². The summed E-state index contributed by atoms with van der Waals surface area (Å²) in [6, 6.07) is 3.15. The largest absolute Gasteiger partial charge is 0.323 e. The third-order valence-corrected chi connectivity index (χ3v) is 4.27. The van der Waals surface area contributed by atoms with Crippen LogP contribution in [0.25, 0.3) is 0 Å². The maximum atomic E-state index is 13.7. The van der Waals surface area contributed by atoms with Gasteiger partial charge in [0, 0.05) is 5.92 Å². The molecular weight excluding hydrogens is 271 g/mol. The molecule has 0 bridgehead atoms. The first kappa shape index (κ1) is 14.0. The highest BCUT2D eigenvalue weighted by molar-refractivity contribution is 7.89. The summed E-state index contributed by atoms with van der Waals surface area (Å²) in [5.74, 6) is -1.21. The lowest BCUT2D eigenvalue weighted by Crippen LogP contribution is -2.18. The quantitative estimate of drug-likeness (QED) is 0.881. The third-order valence-electron chi connectivity index (χ3n) is 3.36. The van der Waals surface area contributed by atoms with E-state index in [-0.39, 0.29) is 27.8 Å². The molecule has 5 nitrogen and oxygen atoms in total. The molecule has 19 heavy (non-hydrogen) atoms. The van der Waals surface area contributed by atoms with E-state index in [9.17, 15) is 17.6 Å². The van der Waals surface area contributed by atoms with Crippen molar-refractivity contribution in [2.45, 2.75) is 25.2 Å². The van der Waals surface area contributed by atoms with Crippen LogP contribution < -0.4 is 10.5 Å². The zero-order valence-corrected chi connectivity index (χ0v) is 11.4. The van der Waals surface area contributed by atoms with E-state index < -0.39 is 15.8 Å². The number of amides is 1. The number of sulfonamides is 1. The van der Waals surface area contributed by atoms with E-state index >= 15 is 0 Å². The van der Waals surface area contributed by atoms with E-state index in [1.54, 1.807) is 0 Å². The van der Waals surface area contributed by atoms with Crippen LogP contribution in [-0.4, -0.2) is 14.3 Å². The SMILES string of the molecule is CC1(C)CC1C(=O)Nc1ccc(S(N)(=O)=O)cc1F. The maximum Gasteiger partial charge on any atom is 0.238 e. The van der Waals surface area contributed by atoms with E-state index in [0.717, 1.165) is 18.6 Å². The Labute approximate surface area is 111 Å². The van der Waals surface area contributed by atoms with Crippen molar-refractivity contribution in [1.82, 2.24) is 0 Å². The Morgan fingerprint density at radius 1 is 1.47 bits per heavy atom. The van der Waals surface area contributed by atoms with Crippen LogP contribution in [0.4, 0.5) is 10.1 Å². The van der Waals surface area contributed by atoms with Crippen molar-refractivity contribution in [1.29, 1.82) is 0 Å². The van der Waals surface area contributed by atoms with Crippen LogP contribution in [0.5, 0.6) is 0 Å². The van der Waals surface area contributed by atoms with Crippen LogP contribution in [0.15, 0.2) is 23.1 Å². The first-order valence-corrected chi connectivity index (χ1v) is 7.29. The lowest BCUT2D eigenvalue weighted by Gasteiger charge is -2.08. The highest BCUT2D eigenvalue weighted by Crippen LogP contribution is 2.52. The van der Waals surface area contributed by atoms with Crippen molar-refractivity contribution >= 4 is 21.6 Å². The first-order chi connectivity index (χ1) is 8.61. The van der Waals surface area contributed by atoms with Gasteiger partial charge in [-0.25, -0.2) is 17.9 Å². The van der Waals surface area contributed by atoms with E-state index in [2.05, 4.69) is 5.32 Å². The molecule has 1 amide bonds. The third kappa shape index (κ3) is 2.93. The molecule has 1 aromatic rings. The number of nitrogens with two attached hydrogens (primary N) is 1. The lowest BCUT2D eigenvalue weighted by atomic mass is 10.1. The summed E-state index contributed by atoms with van der Waals surface area (Å²) in [6.07, 6.45) is 0.760. The van der Waals surface area contributed by atoms with Gasteiger partial charge < -0.3 is 5.32 Å². The zero-order chi connectivity index (χ0) is 14.4. The van der Waals surface area contributed by atoms with Crippen molar-refractivity contribution in [3.05, 3.63) is 24.0 Å². The Balaban J connectivity index is 2.17. The van der Waals surface area contributed by atoms with Gasteiger partial charge in [-0.15, -0.1) is 0 Å². The molecule has 1 aromatic carbocycles. The Morgan fingerprint density at radius 3 is 2.47 bits per heavy atom. The van der Waals surface area contributed by atoms with E-state index in [1.807, 2.05) is 13.8 Å². The average Bonchev–Trinajstić information content (AvgIpc) is 2.89. The summed E-state index contributed by atoms with van der Waals surface area (Å²) in [6.45, 7) is 3.91. The molecular formula is C12H15FN2O3S. The summed E-state index contributed by atoms with van der Waals surface area (Å²) < 4.78 is 35.8. The molecule has 1 aliphatic carbocycles. The summed E-state index contributed by atoms with van der Waals surface area (Å²) in [5.41, 5.74) is -0.0960. The number of halogens is 1. The van der Waals surface area contributed by atoms with Crippen molar-refractivity contribution in [3.8, 4) is 0 Å². The van der Waals surface area contributed by atoms with Crippen LogP contribution in [0.3, 0.4) is 0 Å². The number of carbonyl (C=O) groups excluding carboxylic acids is 1. The molecule has 1 unspecified atom stereocenters. The van der Waals surface area contributed by atoms with Gasteiger partial charge in [-0.05, 0) is 30.0 Å². The van der Waals surface area contributed by atoms with Crippen molar-refractivity contribution in [2.24, 2.45) is 16.5 Å². The first-order valence-electron chi connectivity index (χ1n) is 5.74. The van der Waals surface area contributed by atoms with E-state index in [4.69, 9.17) is 5.14 Å². The second-order valence-electron chi connectivity index (χ2n) is 5.42. The Bertz CT molecular complexity index is 640. The van der Waals surface area contributed by atoms with Crippen molar-refractivity contribution in [3.63, 3.8) is 0 Å². The van der Waals surface area contributed by atoms with E-state index in [1.165, 1.54) is 6.07 Å². The Hall–Kier alpha value is -1.47. The molecule has 0 heterocycles. The molecule has 0 spiro atoms. The lowest BCUT2D eigenvalue weighted by molar-refractivity contribution is -0.118. The highest BCUT2D eigenvalue weighted by Gasteiger charge is 2.50. The molecule has 0 saturated heterocycles. The molecule has 104 valence electrons. The van der Waals surface area contributed by atoms with Gasteiger partial charge in [0.05, 0.1) is 10.6 Å². The smallest absolute Gasteiger partial charge is 0.238 e. The second-order valence-corrected chi connectivity index (χ2v) is 6.98.